The van der Waals surface area contributed by atoms with E-state index in [0.29, 0.717) is 17.2 Å². The number of rotatable bonds is 4. The normalized spacial score (nSPS) is 14.6. The van der Waals surface area contributed by atoms with Crippen LogP contribution in [-0.4, -0.2) is 29.9 Å². The van der Waals surface area contributed by atoms with Crippen LogP contribution in [0, 0.1) is 12.3 Å². The highest BCUT2D eigenvalue weighted by Gasteiger charge is 2.24. The van der Waals surface area contributed by atoms with Crippen LogP contribution in [0.25, 0.3) is 0 Å². The highest BCUT2D eigenvalue weighted by Crippen LogP contribution is 2.25. The second kappa shape index (κ2) is 5.65. The fraction of sp³-hybridized carbons (Fsp3) is 0.417. The lowest BCUT2D eigenvalue weighted by atomic mass is 10.3. The topological polar surface area (TPSA) is 62.3 Å². The Hall–Kier alpha value is -1.87. The summed E-state index contributed by atoms with van der Waals surface area (Å²) in [5.41, 5.74) is 0.671. The molecule has 2 amide bonds. The molecule has 1 saturated heterocycles. The molecule has 6 heteroatoms. The predicted octanol–water partition coefficient (Wildman–Crippen LogP) is 0.562. The average molecular weight is 263 g/mol. The van der Waals surface area contributed by atoms with E-state index in [1.165, 1.54) is 11.3 Å². The minimum atomic E-state index is -0.155. The summed E-state index contributed by atoms with van der Waals surface area (Å²) < 4.78 is 0. The van der Waals surface area contributed by atoms with Crippen molar-refractivity contribution >= 4 is 28.3 Å². The van der Waals surface area contributed by atoms with Crippen LogP contribution in [0.2, 0.25) is 0 Å². The van der Waals surface area contributed by atoms with Gasteiger partial charge in [-0.1, -0.05) is 5.92 Å². The van der Waals surface area contributed by atoms with Gasteiger partial charge in [-0.2, -0.15) is 0 Å². The summed E-state index contributed by atoms with van der Waals surface area (Å²) in [4.78, 5) is 29.0. The molecule has 18 heavy (non-hydrogen) atoms. The van der Waals surface area contributed by atoms with E-state index in [1.807, 2.05) is 0 Å². The van der Waals surface area contributed by atoms with E-state index in [0.717, 1.165) is 13.0 Å². The number of thiazole rings is 1. The molecule has 1 aliphatic heterocycles. The number of nitrogens with one attached hydrogen (secondary N) is 1. The summed E-state index contributed by atoms with van der Waals surface area (Å²) in [5, 5.41) is 5.06. The Morgan fingerprint density at radius 3 is 3.17 bits per heavy atom. The fourth-order valence-electron chi connectivity index (χ4n) is 1.73. The molecule has 1 N–H and O–H groups in total. The number of anilines is 1. The van der Waals surface area contributed by atoms with E-state index in [-0.39, 0.29) is 24.8 Å². The van der Waals surface area contributed by atoms with Crippen LogP contribution in [0.5, 0.6) is 0 Å². The molecule has 0 aromatic carbocycles. The van der Waals surface area contributed by atoms with Gasteiger partial charge in [0, 0.05) is 18.3 Å². The molecule has 5 nitrogen and oxygen atoms in total. The molecule has 1 aliphatic rings. The molecule has 2 heterocycles. The Labute approximate surface area is 109 Å². The van der Waals surface area contributed by atoms with Crippen LogP contribution < -0.4 is 10.2 Å². The van der Waals surface area contributed by atoms with Crippen LogP contribution in [0.1, 0.15) is 18.5 Å². The zero-order valence-corrected chi connectivity index (χ0v) is 10.6. The first-order chi connectivity index (χ1) is 8.70. The van der Waals surface area contributed by atoms with E-state index < -0.39 is 0 Å². The van der Waals surface area contributed by atoms with Crippen molar-refractivity contribution in [1.29, 1.82) is 0 Å². The molecule has 0 atom stereocenters. The van der Waals surface area contributed by atoms with Crippen molar-refractivity contribution in [3.8, 4) is 12.3 Å². The molecule has 2 rings (SSSR count). The van der Waals surface area contributed by atoms with Gasteiger partial charge in [-0.15, -0.1) is 17.8 Å². The van der Waals surface area contributed by atoms with Gasteiger partial charge in [-0.05, 0) is 6.42 Å². The van der Waals surface area contributed by atoms with Crippen molar-refractivity contribution in [2.75, 3.05) is 18.0 Å². The third-order valence-corrected chi connectivity index (χ3v) is 3.49. The van der Waals surface area contributed by atoms with Gasteiger partial charge in [0.2, 0.25) is 11.8 Å². The van der Waals surface area contributed by atoms with Crippen molar-refractivity contribution < 1.29 is 9.59 Å². The minimum absolute atomic E-state index is 0.104. The summed E-state index contributed by atoms with van der Waals surface area (Å²) in [6.07, 6.45) is 6.70. The van der Waals surface area contributed by atoms with E-state index in [9.17, 15) is 9.59 Å². The maximum Gasteiger partial charge on any atom is 0.228 e. The van der Waals surface area contributed by atoms with Crippen LogP contribution in [0.4, 0.5) is 5.13 Å². The molecule has 0 spiro atoms. The minimum Gasteiger partial charge on any atom is -0.345 e. The van der Waals surface area contributed by atoms with Crippen LogP contribution in [0.15, 0.2) is 5.38 Å². The largest absolute Gasteiger partial charge is 0.345 e. The summed E-state index contributed by atoms with van der Waals surface area (Å²) in [6, 6.07) is 0. The maximum absolute atomic E-state index is 11.5. The number of carbonyl (C=O) groups is 2. The zero-order valence-electron chi connectivity index (χ0n) is 9.81. The molecule has 0 bridgehead atoms. The number of terminal acetylenes is 1. The van der Waals surface area contributed by atoms with E-state index >= 15 is 0 Å². The van der Waals surface area contributed by atoms with Gasteiger partial charge in [0.25, 0.3) is 0 Å². The maximum atomic E-state index is 11.5. The lowest BCUT2D eigenvalue weighted by molar-refractivity contribution is -0.120. The monoisotopic (exact) mass is 263 g/mol. The number of hydrogen-bond acceptors (Lipinski definition) is 4. The summed E-state index contributed by atoms with van der Waals surface area (Å²) in [5.74, 6) is 2.29. The molecule has 1 fully saturated rings. The van der Waals surface area contributed by atoms with Crippen molar-refractivity contribution in [3.05, 3.63) is 11.1 Å². The van der Waals surface area contributed by atoms with Crippen LogP contribution in [-0.2, 0) is 16.0 Å². The number of carbonyl (C=O) groups excluding carboxylic acids is 2. The standard InChI is InChI=1S/C12H13N3O2S/c1-2-5-13-10(16)7-9-8-18-12(14-9)15-6-3-4-11(15)17/h1,8H,3-7H2,(H,13,16). The fourth-order valence-corrected chi connectivity index (χ4v) is 2.60. The first-order valence-electron chi connectivity index (χ1n) is 5.65. The van der Waals surface area contributed by atoms with E-state index in [4.69, 9.17) is 6.42 Å². The SMILES string of the molecule is C#CCNC(=O)Cc1csc(N2CCCC2=O)n1. The Kier molecular flexibility index (Phi) is 3.95. The van der Waals surface area contributed by atoms with Crippen molar-refractivity contribution in [2.24, 2.45) is 0 Å². The predicted molar refractivity (Wildman–Crippen MR) is 69.2 cm³/mol. The molecular weight excluding hydrogens is 250 g/mol. The van der Waals surface area contributed by atoms with Gasteiger partial charge in [0.05, 0.1) is 18.7 Å². The lowest BCUT2D eigenvalue weighted by Gasteiger charge is -2.10. The molecule has 0 unspecified atom stereocenters. The van der Waals surface area contributed by atoms with Gasteiger partial charge < -0.3 is 5.32 Å². The molecular formula is C12H13N3O2S. The number of nitrogens with zero attached hydrogens (tertiary/aromatic N) is 2. The van der Waals surface area contributed by atoms with Gasteiger partial charge in [-0.25, -0.2) is 4.98 Å². The lowest BCUT2D eigenvalue weighted by Crippen LogP contribution is -2.26. The smallest absolute Gasteiger partial charge is 0.228 e. The van der Waals surface area contributed by atoms with E-state index in [2.05, 4.69) is 16.2 Å². The Bertz CT molecular complexity index is 504. The molecule has 94 valence electrons. The Morgan fingerprint density at radius 1 is 1.67 bits per heavy atom. The highest BCUT2D eigenvalue weighted by atomic mass is 32.1. The Morgan fingerprint density at radius 2 is 2.50 bits per heavy atom. The highest BCUT2D eigenvalue weighted by molar-refractivity contribution is 7.14. The number of aromatic nitrogens is 1. The summed E-state index contributed by atoms with van der Waals surface area (Å²) in [6.45, 7) is 0.940. The van der Waals surface area contributed by atoms with Crippen LogP contribution in [0.3, 0.4) is 0 Å². The van der Waals surface area contributed by atoms with Crippen molar-refractivity contribution in [2.45, 2.75) is 19.3 Å². The third kappa shape index (κ3) is 2.87. The number of amides is 2. The molecule has 0 saturated carbocycles. The molecule has 0 radical (unpaired) electrons. The Balaban J connectivity index is 1.96. The molecule has 1 aromatic heterocycles. The second-order valence-corrected chi connectivity index (χ2v) is 4.76. The summed E-state index contributed by atoms with van der Waals surface area (Å²) >= 11 is 1.39. The van der Waals surface area contributed by atoms with Crippen molar-refractivity contribution in [1.82, 2.24) is 10.3 Å². The van der Waals surface area contributed by atoms with Gasteiger partial charge in [-0.3, -0.25) is 14.5 Å². The quantitative estimate of drug-likeness (QED) is 0.807. The average Bonchev–Trinajstić information content (AvgIpc) is 2.95. The third-order valence-electron chi connectivity index (χ3n) is 2.57. The van der Waals surface area contributed by atoms with Crippen molar-refractivity contribution in [3.63, 3.8) is 0 Å². The molecule has 0 aliphatic carbocycles. The van der Waals surface area contributed by atoms with Gasteiger partial charge in [0.15, 0.2) is 5.13 Å². The zero-order chi connectivity index (χ0) is 13.0. The first-order valence-corrected chi connectivity index (χ1v) is 6.53. The summed E-state index contributed by atoms with van der Waals surface area (Å²) in [7, 11) is 0. The number of hydrogen-bond donors (Lipinski definition) is 1. The first kappa shape index (κ1) is 12.6. The van der Waals surface area contributed by atoms with Gasteiger partial charge >= 0.3 is 0 Å². The van der Waals surface area contributed by atoms with E-state index in [1.54, 1.807) is 10.3 Å². The second-order valence-electron chi connectivity index (χ2n) is 3.93. The molecule has 1 aromatic rings. The van der Waals surface area contributed by atoms with Gasteiger partial charge in [0.1, 0.15) is 0 Å². The van der Waals surface area contributed by atoms with Crippen LogP contribution >= 0.6 is 11.3 Å².